The van der Waals surface area contributed by atoms with E-state index in [0.717, 1.165) is 12.1 Å². The van der Waals surface area contributed by atoms with Crippen molar-refractivity contribution in [3.63, 3.8) is 0 Å². The van der Waals surface area contributed by atoms with Gasteiger partial charge in [0.05, 0.1) is 0 Å². The fourth-order valence-corrected chi connectivity index (χ4v) is 3.15. The van der Waals surface area contributed by atoms with Gasteiger partial charge in [-0.05, 0) is 24.5 Å². The molecular weight excluding hydrogens is 296 g/mol. The standard InChI is InChI=1S/C21H36N2O/c1-2-3-4-5-6-7-8-9-10-11-12-13-16-19-17-14-15-18-20(19)23-21(22)24/h14-15,17-18H,2-13,16H2,1H3,(H3,22,23,24). The summed E-state index contributed by atoms with van der Waals surface area (Å²) in [4.78, 5) is 11.0. The molecule has 0 unspecified atom stereocenters. The number of aryl methyl sites for hydroxylation is 1. The second kappa shape index (κ2) is 13.9. The number of benzene rings is 1. The zero-order valence-electron chi connectivity index (χ0n) is 15.5. The van der Waals surface area contributed by atoms with Crippen LogP contribution in [0.3, 0.4) is 0 Å². The molecule has 3 nitrogen and oxygen atoms in total. The molecule has 3 N–H and O–H groups in total. The number of nitrogens with one attached hydrogen (secondary N) is 1. The number of hydrogen-bond acceptors (Lipinski definition) is 1. The summed E-state index contributed by atoms with van der Waals surface area (Å²) >= 11 is 0. The monoisotopic (exact) mass is 332 g/mol. The van der Waals surface area contributed by atoms with E-state index >= 15 is 0 Å². The molecule has 1 aromatic rings. The molecule has 1 aromatic carbocycles. The number of amides is 2. The maximum atomic E-state index is 11.0. The van der Waals surface area contributed by atoms with Crippen LogP contribution in [0.1, 0.15) is 89.5 Å². The van der Waals surface area contributed by atoms with Gasteiger partial charge in [0.1, 0.15) is 0 Å². The van der Waals surface area contributed by atoms with Crippen molar-refractivity contribution >= 4 is 11.7 Å². The number of urea groups is 1. The van der Waals surface area contributed by atoms with Crippen molar-refractivity contribution in [1.82, 2.24) is 0 Å². The molecule has 0 saturated heterocycles. The van der Waals surface area contributed by atoms with Crippen LogP contribution in [0.4, 0.5) is 10.5 Å². The van der Waals surface area contributed by atoms with Crippen LogP contribution < -0.4 is 11.1 Å². The third kappa shape index (κ3) is 10.3. The number of unbranched alkanes of at least 4 members (excludes halogenated alkanes) is 11. The quantitative estimate of drug-likeness (QED) is 0.379. The van der Waals surface area contributed by atoms with E-state index in [9.17, 15) is 4.79 Å². The lowest BCUT2D eigenvalue weighted by Crippen LogP contribution is -2.20. The summed E-state index contributed by atoms with van der Waals surface area (Å²) in [7, 11) is 0. The predicted molar refractivity (Wildman–Crippen MR) is 104 cm³/mol. The highest BCUT2D eigenvalue weighted by molar-refractivity contribution is 5.88. The highest BCUT2D eigenvalue weighted by atomic mass is 16.2. The normalized spacial score (nSPS) is 10.7. The number of anilines is 1. The van der Waals surface area contributed by atoms with E-state index in [2.05, 4.69) is 18.3 Å². The van der Waals surface area contributed by atoms with E-state index in [-0.39, 0.29) is 0 Å². The molecule has 0 radical (unpaired) electrons. The fourth-order valence-electron chi connectivity index (χ4n) is 3.15. The molecule has 0 aliphatic rings. The van der Waals surface area contributed by atoms with Gasteiger partial charge in [-0.25, -0.2) is 4.79 Å². The highest BCUT2D eigenvalue weighted by Gasteiger charge is 2.03. The average molecular weight is 333 g/mol. The van der Waals surface area contributed by atoms with Gasteiger partial charge in [0.2, 0.25) is 0 Å². The molecule has 1 rings (SSSR count). The minimum Gasteiger partial charge on any atom is -0.351 e. The largest absolute Gasteiger partial charge is 0.351 e. The molecule has 0 heterocycles. The first-order valence-corrected chi connectivity index (χ1v) is 9.88. The van der Waals surface area contributed by atoms with Crippen LogP contribution in [0.2, 0.25) is 0 Å². The topological polar surface area (TPSA) is 55.1 Å². The lowest BCUT2D eigenvalue weighted by atomic mass is 10.0. The Labute approximate surface area is 148 Å². The van der Waals surface area contributed by atoms with Gasteiger partial charge in [-0.2, -0.15) is 0 Å². The second-order valence-corrected chi connectivity index (χ2v) is 6.79. The molecule has 24 heavy (non-hydrogen) atoms. The van der Waals surface area contributed by atoms with Crippen LogP contribution in [0, 0.1) is 0 Å². The zero-order valence-corrected chi connectivity index (χ0v) is 15.5. The van der Waals surface area contributed by atoms with E-state index in [1.165, 1.54) is 82.6 Å². The van der Waals surface area contributed by atoms with Crippen LogP contribution in [-0.2, 0) is 6.42 Å². The van der Waals surface area contributed by atoms with Crippen LogP contribution in [0.15, 0.2) is 24.3 Å². The Morgan fingerprint density at radius 2 is 1.33 bits per heavy atom. The molecule has 3 heteroatoms. The fraction of sp³-hybridized carbons (Fsp3) is 0.667. The number of nitrogens with two attached hydrogens (primary N) is 1. The minimum absolute atomic E-state index is 0.489. The van der Waals surface area contributed by atoms with Crippen molar-refractivity contribution in [2.75, 3.05) is 5.32 Å². The van der Waals surface area contributed by atoms with Gasteiger partial charge >= 0.3 is 6.03 Å². The van der Waals surface area contributed by atoms with Gasteiger partial charge in [0.25, 0.3) is 0 Å². The summed E-state index contributed by atoms with van der Waals surface area (Å²) < 4.78 is 0. The lowest BCUT2D eigenvalue weighted by Gasteiger charge is -2.09. The molecule has 0 aromatic heterocycles. The Balaban J connectivity index is 2.00. The van der Waals surface area contributed by atoms with Crippen molar-refractivity contribution in [2.45, 2.75) is 90.4 Å². The van der Waals surface area contributed by atoms with Crippen LogP contribution in [-0.4, -0.2) is 6.03 Å². The van der Waals surface area contributed by atoms with E-state index in [1.807, 2.05) is 18.2 Å². The highest BCUT2D eigenvalue weighted by Crippen LogP contribution is 2.18. The maximum Gasteiger partial charge on any atom is 0.316 e. The van der Waals surface area contributed by atoms with Crippen LogP contribution in [0.25, 0.3) is 0 Å². The number of rotatable bonds is 14. The third-order valence-electron chi connectivity index (χ3n) is 4.57. The van der Waals surface area contributed by atoms with Gasteiger partial charge in [0.15, 0.2) is 0 Å². The number of carbonyl (C=O) groups excluding carboxylic acids is 1. The summed E-state index contributed by atoms with van der Waals surface area (Å²) in [5, 5.41) is 2.71. The van der Waals surface area contributed by atoms with Gasteiger partial charge in [-0.3, -0.25) is 0 Å². The second-order valence-electron chi connectivity index (χ2n) is 6.79. The van der Waals surface area contributed by atoms with Gasteiger partial charge in [-0.15, -0.1) is 0 Å². The SMILES string of the molecule is CCCCCCCCCCCCCCc1ccccc1NC(N)=O. The Hall–Kier alpha value is -1.51. The van der Waals surface area contributed by atoms with E-state index in [4.69, 9.17) is 5.73 Å². The maximum absolute atomic E-state index is 11.0. The Bertz CT molecular complexity index is 445. The van der Waals surface area contributed by atoms with Crippen molar-refractivity contribution in [3.8, 4) is 0 Å². The van der Waals surface area contributed by atoms with E-state index in [0.29, 0.717) is 0 Å². The molecular formula is C21H36N2O. The third-order valence-corrected chi connectivity index (χ3v) is 4.57. The number of para-hydroxylation sites is 1. The van der Waals surface area contributed by atoms with Crippen LogP contribution >= 0.6 is 0 Å². The molecule has 0 aliphatic carbocycles. The molecule has 0 saturated carbocycles. The number of primary amides is 1. The smallest absolute Gasteiger partial charge is 0.316 e. The Morgan fingerprint density at radius 1 is 0.833 bits per heavy atom. The summed E-state index contributed by atoms with van der Waals surface area (Å²) in [5.74, 6) is 0. The average Bonchev–Trinajstić information content (AvgIpc) is 2.57. The van der Waals surface area contributed by atoms with Crippen molar-refractivity contribution < 1.29 is 4.79 Å². The molecule has 0 aliphatic heterocycles. The first-order chi connectivity index (χ1) is 11.7. The summed E-state index contributed by atoms with van der Waals surface area (Å²) in [6, 6.07) is 7.45. The molecule has 2 amide bonds. The minimum atomic E-state index is -0.489. The summed E-state index contributed by atoms with van der Waals surface area (Å²) in [6.45, 7) is 2.27. The van der Waals surface area contributed by atoms with Gasteiger partial charge < -0.3 is 11.1 Å². The first kappa shape index (κ1) is 20.5. The van der Waals surface area contributed by atoms with E-state index in [1.54, 1.807) is 0 Å². The molecule has 0 spiro atoms. The van der Waals surface area contributed by atoms with Gasteiger partial charge in [0, 0.05) is 5.69 Å². The molecule has 0 bridgehead atoms. The molecule has 0 fully saturated rings. The summed E-state index contributed by atoms with van der Waals surface area (Å²) in [6.07, 6.45) is 17.3. The zero-order chi connectivity index (χ0) is 17.5. The van der Waals surface area contributed by atoms with Crippen molar-refractivity contribution in [3.05, 3.63) is 29.8 Å². The molecule has 136 valence electrons. The van der Waals surface area contributed by atoms with Crippen molar-refractivity contribution in [1.29, 1.82) is 0 Å². The Morgan fingerprint density at radius 3 is 1.88 bits per heavy atom. The number of hydrogen-bond donors (Lipinski definition) is 2. The summed E-state index contributed by atoms with van der Waals surface area (Å²) in [5.41, 5.74) is 7.25. The first-order valence-electron chi connectivity index (χ1n) is 9.88. The van der Waals surface area contributed by atoms with Gasteiger partial charge in [-0.1, -0.05) is 95.8 Å². The number of carbonyl (C=O) groups is 1. The predicted octanol–water partition coefficient (Wildman–Crippen LogP) is 6.42. The van der Waals surface area contributed by atoms with E-state index < -0.39 is 6.03 Å². The van der Waals surface area contributed by atoms with Crippen molar-refractivity contribution in [2.24, 2.45) is 5.73 Å². The lowest BCUT2D eigenvalue weighted by molar-refractivity contribution is 0.259. The molecule has 0 atom stereocenters. The Kier molecular flexibility index (Phi) is 11.9. The van der Waals surface area contributed by atoms with Crippen LogP contribution in [0.5, 0.6) is 0 Å².